The predicted molar refractivity (Wildman–Crippen MR) is 117 cm³/mol. The van der Waals surface area contributed by atoms with Crippen LogP contribution in [0.2, 0.25) is 0 Å². The predicted octanol–water partition coefficient (Wildman–Crippen LogP) is 3.56. The molecule has 0 unspecified atom stereocenters. The van der Waals surface area contributed by atoms with Crippen molar-refractivity contribution in [2.24, 2.45) is 5.92 Å². The minimum absolute atomic E-state index is 0.0454. The van der Waals surface area contributed by atoms with Crippen LogP contribution < -0.4 is 15.5 Å². The van der Waals surface area contributed by atoms with Crippen molar-refractivity contribution >= 4 is 45.5 Å². The Bertz CT molecular complexity index is 760. The summed E-state index contributed by atoms with van der Waals surface area (Å²) in [5.41, 5.74) is 1.95. The third-order valence-corrected chi connectivity index (χ3v) is 6.29. The van der Waals surface area contributed by atoms with Crippen LogP contribution in [0.5, 0.6) is 0 Å². The number of aromatic nitrogens is 2. The second-order valence-corrected chi connectivity index (χ2v) is 9.61. The molecule has 1 atom stereocenters. The van der Waals surface area contributed by atoms with E-state index in [1.54, 1.807) is 0 Å². The van der Waals surface area contributed by atoms with Crippen molar-refractivity contribution in [1.82, 2.24) is 10.2 Å². The number of ether oxygens (including phenoxy) is 1. The fraction of sp³-hybridized carbons (Fsp3) is 0.526. The zero-order valence-corrected chi connectivity index (χ0v) is 18.1. The van der Waals surface area contributed by atoms with Crippen molar-refractivity contribution in [2.45, 2.75) is 30.4 Å². The molecule has 28 heavy (non-hydrogen) atoms. The zero-order chi connectivity index (χ0) is 19.9. The standard InChI is InChI=1S/C19H27N5O2S2/c1-13(2)12-20-18-22-23-19(28-18)27-14(3)17(25)21-15-4-6-16(7-5-15)24-8-10-26-11-9-24/h4-7,13-14H,8-12H2,1-3H3,(H,20,22)(H,21,25)/t14-/m0/s1. The first kappa shape index (κ1) is 20.9. The van der Waals surface area contributed by atoms with E-state index in [1.165, 1.54) is 23.1 Å². The van der Waals surface area contributed by atoms with Crippen LogP contribution in [0.25, 0.3) is 0 Å². The molecule has 9 heteroatoms. The molecule has 0 bridgehead atoms. The first-order valence-corrected chi connectivity index (χ1v) is 11.2. The summed E-state index contributed by atoms with van der Waals surface area (Å²) in [6, 6.07) is 7.96. The molecule has 1 aromatic heterocycles. The second kappa shape index (κ2) is 10.1. The van der Waals surface area contributed by atoms with Crippen molar-refractivity contribution in [3.63, 3.8) is 0 Å². The Kier molecular flexibility index (Phi) is 7.52. The molecule has 2 N–H and O–H groups in total. The van der Waals surface area contributed by atoms with Crippen molar-refractivity contribution in [2.75, 3.05) is 48.4 Å². The lowest BCUT2D eigenvalue weighted by Crippen LogP contribution is -2.36. The Hall–Kier alpha value is -1.84. The number of benzene rings is 1. The molecule has 0 aliphatic carbocycles. The number of carbonyl (C=O) groups is 1. The van der Waals surface area contributed by atoms with Crippen molar-refractivity contribution in [3.8, 4) is 0 Å². The average molecular weight is 422 g/mol. The van der Waals surface area contributed by atoms with Gasteiger partial charge in [0.25, 0.3) is 0 Å². The van der Waals surface area contributed by atoms with Gasteiger partial charge in [0.15, 0.2) is 4.34 Å². The molecule has 2 heterocycles. The van der Waals surface area contributed by atoms with Gasteiger partial charge in [-0.2, -0.15) is 0 Å². The lowest BCUT2D eigenvalue weighted by Gasteiger charge is -2.28. The van der Waals surface area contributed by atoms with Gasteiger partial charge >= 0.3 is 0 Å². The minimum Gasteiger partial charge on any atom is -0.378 e. The normalized spacial score (nSPS) is 15.5. The molecule has 152 valence electrons. The smallest absolute Gasteiger partial charge is 0.237 e. The lowest BCUT2D eigenvalue weighted by atomic mass is 10.2. The molecule has 1 saturated heterocycles. The molecule has 0 saturated carbocycles. The van der Waals surface area contributed by atoms with Gasteiger partial charge in [0, 0.05) is 31.0 Å². The number of thioether (sulfide) groups is 1. The van der Waals surface area contributed by atoms with E-state index in [-0.39, 0.29) is 11.2 Å². The minimum atomic E-state index is -0.259. The van der Waals surface area contributed by atoms with E-state index in [2.05, 4.69) is 39.6 Å². The largest absolute Gasteiger partial charge is 0.378 e. The van der Waals surface area contributed by atoms with Gasteiger partial charge in [-0.3, -0.25) is 4.79 Å². The topological polar surface area (TPSA) is 79.4 Å². The van der Waals surface area contributed by atoms with Gasteiger partial charge in [0.1, 0.15) is 0 Å². The first-order valence-electron chi connectivity index (χ1n) is 9.49. The van der Waals surface area contributed by atoms with Crippen LogP contribution in [0.3, 0.4) is 0 Å². The fourth-order valence-electron chi connectivity index (χ4n) is 2.65. The van der Waals surface area contributed by atoms with E-state index in [9.17, 15) is 4.79 Å². The van der Waals surface area contributed by atoms with Crippen molar-refractivity contribution in [3.05, 3.63) is 24.3 Å². The summed E-state index contributed by atoms with van der Waals surface area (Å²) in [4.78, 5) is 14.8. The third-order valence-electron chi connectivity index (χ3n) is 4.23. The quantitative estimate of drug-likeness (QED) is 0.631. The Morgan fingerprint density at radius 2 is 1.93 bits per heavy atom. The molecule has 0 spiro atoms. The Balaban J connectivity index is 1.49. The Labute approximate surface area is 174 Å². The summed E-state index contributed by atoms with van der Waals surface area (Å²) < 4.78 is 6.17. The molecule has 1 amide bonds. The van der Waals surface area contributed by atoms with E-state index in [0.29, 0.717) is 5.92 Å². The van der Waals surface area contributed by atoms with Gasteiger partial charge in [0.2, 0.25) is 11.0 Å². The van der Waals surface area contributed by atoms with E-state index in [1.807, 2.05) is 31.2 Å². The molecule has 2 aromatic rings. The summed E-state index contributed by atoms with van der Waals surface area (Å²) >= 11 is 2.90. The number of anilines is 3. The number of hydrogen-bond acceptors (Lipinski definition) is 8. The molecular weight excluding hydrogens is 394 g/mol. The highest BCUT2D eigenvalue weighted by Gasteiger charge is 2.18. The molecule has 7 nitrogen and oxygen atoms in total. The highest BCUT2D eigenvalue weighted by Crippen LogP contribution is 2.29. The van der Waals surface area contributed by atoms with Crippen LogP contribution in [0, 0.1) is 5.92 Å². The zero-order valence-electron chi connectivity index (χ0n) is 16.5. The summed E-state index contributed by atoms with van der Waals surface area (Å²) in [6.07, 6.45) is 0. The van der Waals surface area contributed by atoms with Gasteiger partial charge in [-0.1, -0.05) is 36.9 Å². The van der Waals surface area contributed by atoms with Gasteiger partial charge in [0.05, 0.1) is 18.5 Å². The molecule has 0 radical (unpaired) electrons. The second-order valence-electron chi connectivity index (χ2n) is 7.04. The lowest BCUT2D eigenvalue weighted by molar-refractivity contribution is -0.115. The van der Waals surface area contributed by atoms with Crippen LogP contribution in [0.4, 0.5) is 16.5 Å². The van der Waals surface area contributed by atoms with Gasteiger partial charge in [-0.15, -0.1) is 10.2 Å². The van der Waals surface area contributed by atoms with E-state index in [4.69, 9.17) is 4.74 Å². The number of morpholine rings is 1. The number of nitrogens with zero attached hydrogens (tertiary/aromatic N) is 3. The number of hydrogen-bond donors (Lipinski definition) is 2. The summed E-state index contributed by atoms with van der Waals surface area (Å²) in [5.74, 6) is 0.496. The molecule has 1 aliphatic rings. The molecule has 1 aromatic carbocycles. The van der Waals surface area contributed by atoms with Gasteiger partial charge in [-0.05, 0) is 37.1 Å². The fourth-order valence-corrected chi connectivity index (χ4v) is 4.55. The Morgan fingerprint density at radius 1 is 1.21 bits per heavy atom. The van der Waals surface area contributed by atoms with Crippen LogP contribution in [0.1, 0.15) is 20.8 Å². The van der Waals surface area contributed by atoms with E-state index < -0.39 is 0 Å². The maximum atomic E-state index is 12.5. The summed E-state index contributed by atoms with van der Waals surface area (Å²) in [7, 11) is 0. The highest BCUT2D eigenvalue weighted by molar-refractivity contribution is 8.02. The molecule has 1 aliphatic heterocycles. The van der Waals surface area contributed by atoms with E-state index >= 15 is 0 Å². The summed E-state index contributed by atoms with van der Waals surface area (Å²) in [6.45, 7) is 10.3. The van der Waals surface area contributed by atoms with Crippen LogP contribution in [-0.4, -0.2) is 54.2 Å². The first-order chi connectivity index (χ1) is 13.5. The van der Waals surface area contributed by atoms with Crippen LogP contribution >= 0.6 is 23.1 Å². The number of amides is 1. The van der Waals surface area contributed by atoms with Crippen LogP contribution in [0.15, 0.2) is 28.6 Å². The van der Waals surface area contributed by atoms with Gasteiger partial charge < -0.3 is 20.3 Å². The van der Waals surface area contributed by atoms with Crippen molar-refractivity contribution in [1.29, 1.82) is 0 Å². The molecular formula is C19H27N5O2S2. The number of nitrogens with one attached hydrogen (secondary N) is 2. The number of rotatable bonds is 8. The molecule has 3 rings (SSSR count). The monoisotopic (exact) mass is 421 g/mol. The third kappa shape index (κ3) is 6.08. The maximum absolute atomic E-state index is 12.5. The van der Waals surface area contributed by atoms with E-state index in [0.717, 1.165) is 53.7 Å². The molecule has 1 fully saturated rings. The van der Waals surface area contributed by atoms with Crippen LogP contribution in [-0.2, 0) is 9.53 Å². The van der Waals surface area contributed by atoms with Crippen molar-refractivity contribution < 1.29 is 9.53 Å². The Morgan fingerprint density at radius 3 is 2.61 bits per heavy atom. The number of carbonyl (C=O) groups excluding carboxylic acids is 1. The summed E-state index contributed by atoms with van der Waals surface area (Å²) in [5, 5.41) is 15.1. The van der Waals surface area contributed by atoms with Gasteiger partial charge in [-0.25, -0.2) is 0 Å². The highest BCUT2D eigenvalue weighted by atomic mass is 32.2. The average Bonchev–Trinajstić information content (AvgIpc) is 3.15. The maximum Gasteiger partial charge on any atom is 0.237 e. The SMILES string of the molecule is CC(C)CNc1nnc(S[C@@H](C)C(=O)Nc2ccc(N3CCOCC3)cc2)s1.